The molecule has 1 unspecified atom stereocenters. The Bertz CT molecular complexity index is 482. The summed E-state index contributed by atoms with van der Waals surface area (Å²) in [6.45, 7) is 4.13. The normalized spacial score (nSPS) is 11.7. The fraction of sp³-hybridized carbons (Fsp3) is 0.385. The number of hydrogen-bond donors (Lipinski definition) is 1. The lowest BCUT2D eigenvalue weighted by atomic mass is 10.1. The van der Waals surface area contributed by atoms with Gasteiger partial charge in [-0.3, -0.25) is 4.79 Å². The van der Waals surface area contributed by atoms with Gasteiger partial charge in [0.2, 0.25) is 0 Å². The third-order valence-electron chi connectivity index (χ3n) is 2.72. The van der Waals surface area contributed by atoms with Crippen LogP contribution in [0.1, 0.15) is 19.4 Å². The van der Waals surface area contributed by atoms with Gasteiger partial charge in [-0.25, -0.2) is 4.39 Å². The first kappa shape index (κ1) is 14.0. The predicted molar refractivity (Wildman–Crippen MR) is 65.8 cm³/mol. The largest absolute Gasteiger partial charge is 0.481 e. The number of carboxylic acid groups (broad SMARTS) is 1. The zero-order chi connectivity index (χ0) is 13.7. The molecule has 0 aromatic heterocycles. The fourth-order valence-electron chi connectivity index (χ4n) is 1.64. The lowest BCUT2D eigenvalue weighted by Gasteiger charge is -2.25. The summed E-state index contributed by atoms with van der Waals surface area (Å²) in [6, 6.07) is 6.04. The minimum atomic E-state index is -0.914. The van der Waals surface area contributed by atoms with Crippen LogP contribution < -0.4 is 4.90 Å². The number of hydrogen-bond acceptors (Lipinski definition) is 3. The zero-order valence-corrected chi connectivity index (χ0v) is 10.4. The molecule has 0 fully saturated rings. The van der Waals surface area contributed by atoms with Crippen LogP contribution in [-0.4, -0.2) is 24.2 Å². The number of carbonyl (C=O) groups is 1. The molecular weight excluding hydrogens is 235 g/mol. The molecule has 0 saturated carbocycles. The van der Waals surface area contributed by atoms with Gasteiger partial charge >= 0.3 is 5.97 Å². The number of nitriles is 1. The third kappa shape index (κ3) is 3.20. The van der Waals surface area contributed by atoms with E-state index in [1.165, 1.54) is 12.1 Å². The molecule has 96 valence electrons. The summed E-state index contributed by atoms with van der Waals surface area (Å²) in [5.74, 6) is -2.00. The first-order valence-electron chi connectivity index (χ1n) is 5.67. The number of rotatable bonds is 5. The molecule has 0 bridgehead atoms. The van der Waals surface area contributed by atoms with Crippen molar-refractivity contribution >= 4 is 11.7 Å². The van der Waals surface area contributed by atoms with Crippen molar-refractivity contribution in [1.82, 2.24) is 0 Å². The molecule has 1 rings (SSSR count). The SMILES string of the molecule is CCN(CC(C)C(=O)O)c1ccc(C#N)cc1F. The van der Waals surface area contributed by atoms with Crippen molar-refractivity contribution in [2.75, 3.05) is 18.0 Å². The van der Waals surface area contributed by atoms with Crippen molar-refractivity contribution in [3.63, 3.8) is 0 Å². The van der Waals surface area contributed by atoms with Crippen LogP contribution in [0.3, 0.4) is 0 Å². The Balaban J connectivity index is 2.96. The molecule has 0 amide bonds. The van der Waals surface area contributed by atoms with Crippen LogP contribution in [0.4, 0.5) is 10.1 Å². The van der Waals surface area contributed by atoms with Crippen LogP contribution >= 0.6 is 0 Å². The standard InChI is InChI=1S/C13H15FN2O2/c1-3-16(8-9(2)13(17)18)12-5-4-10(7-15)6-11(12)14/h4-6,9H,3,8H2,1-2H3,(H,17,18). The molecule has 0 spiro atoms. The minimum absolute atomic E-state index is 0.231. The lowest BCUT2D eigenvalue weighted by molar-refractivity contribution is -0.140. The van der Waals surface area contributed by atoms with Gasteiger partial charge in [0.25, 0.3) is 0 Å². The lowest BCUT2D eigenvalue weighted by Crippen LogP contribution is -2.32. The first-order chi connectivity index (χ1) is 8.49. The molecule has 1 aromatic carbocycles. The van der Waals surface area contributed by atoms with Gasteiger partial charge in [0.05, 0.1) is 23.2 Å². The molecule has 18 heavy (non-hydrogen) atoms. The molecule has 1 N–H and O–H groups in total. The van der Waals surface area contributed by atoms with E-state index in [2.05, 4.69) is 0 Å². The number of halogens is 1. The van der Waals surface area contributed by atoms with Crippen LogP contribution in [0.2, 0.25) is 0 Å². The van der Waals surface area contributed by atoms with Gasteiger partial charge in [0.15, 0.2) is 0 Å². The summed E-state index contributed by atoms with van der Waals surface area (Å²) >= 11 is 0. The molecule has 0 saturated heterocycles. The van der Waals surface area contributed by atoms with Gasteiger partial charge < -0.3 is 10.0 Å². The fourth-order valence-corrected chi connectivity index (χ4v) is 1.64. The Kier molecular flexibility index (Phi) is 4.67. The first-order valence-corrected chi connectivity index (χ1v) is 5.67. The molecule has 1 aromatic rings. The molecule has 5 heteroatoms. The highest BCUT2D eigenvalue weighted by atomic mass is 19.1. The molecule has 0 radical (unpaired) electrons. The number of benzene rings is 1. The average Bonchev–Trinajstić information content (AvgIpc) is 2.35. The van der Waals surface area contributed by atoms with Gasteiger partial charge in [0.1, 0.15) is 5.82 Å². The smallest absolute Gasteiger partial charge is 0.308 e. The van der Waals surface area contributed by atoms with E-state index in [1.54, 1.807) is 11.8 Å². The summed E-state index contributed by atoms with van der Waals surface area (Å²) < 4.78 is 13.8. The van der Waals surface area contributed by atoms with Crippen LogP contribution in [0.15, 0.2) is 18.2 Å². The topological polar surface area (TPSA) is 64.3 Å². The van der Waals surface area contributed by atoms with Crippen LogP contribution in [0.25, 0.3) is 0 Å². The molecule has 0 aliphatic heterocycles. The second kappa shape index (κ2) is 6.01. The van der Waals surface area contributed by atoms with Gasteiger partial charge in [-0.05, 0) is 25.1 Å². The van der Waals surface area contributed by atoms with Crippen molar-refractivity contribution in [1.29, 1.82) is 5.26 Å². The van der Waals surface area contributed by atoms with Crippen LogP contribution in [-0.2, 0) is 4.79 Å². The Morgan fingerprint density at radius 1 is 1.61 bits per heavy atom. The van der Waals surface area contributed by atoms with Gasteiger partial charge in [0, 0.05) is 13.1 Å². The number of carboxylic acids is 1. The van der Waals surface area contributed by atoms with E-state index in [4.69, 9.17) is 10.4 Å². The molecule has 0 heterocycles. The molecule has 1 atom stereocenters. The Hall–Kier alpha value is -2.09. The van der Waals surface area contributed by atoms with Crippen LogP contribution in [0, 0.1) is 23.1 Å². The van der Waals surface area contributed by atoms with Crippen molar-refractivity contribution in [2.24, 2.45) is 5.92 Å². The maximum atomic E-state index is 13.8. The number of anilines is 1. The summed E-state index contributed by atoms with van der Waals surface area (Å²) in [4.78, 5) is 12.5. The van der Waals surface area contributed by atoms with E-state index in [9.17, 15) is 9.18 Å². The van der Waals surface area contributed by atoms with Crippen molar-refractivity contribution < 1.29 is 14.3 Å². The average molecular weight is 250 g/mol. The third-order valence-corrected chi connectivity index (χ3v) is 2.72. The monoisotopic (exact) mass is 250 g/mol. The molecule has 0 aliphatic carbocycles. The minimum Gasteiger partial charge on any atom is -0.481 e. The van der Waals surface area contributed by atoms with E-state index in [-0.39, 0.29) is 12.1 Å². The Morgan fingerprint density at radius 2 is 2.28 bits per heavy atom. The second-order valence-corrected chi connectivity index (χ2v) is 4.06. The number of nitrogens with zero attached hydrogens (tertiary/aromatic N) is 2. The highest BCUT2D eigenvalue weighted by Crippen LogP contribution is 2.21. The van der Waals surface area contributed by atoms with E-state index in [1.807, 2.05) is 13.0 Å². The van der Waals surface area contributed by atoms with E-state index < -0.39 is 17.7 Å². The molecule has 0 aliphatic rings. The predicted octanol–water partition coefficient (Wildman–Crippen LogP) is 2.24. The summed E-state index contributed by atoms with van der Waals surface area (Å²) in [6.07, 6.45) is 0. The summed E-state index contributed by atoms with van der Waals surface area (Å²) in [5, 5.41) is 17.5. The Morgan fingerprint density at radius 3 is 2.72 bits per heavy atom. The highest BCUT2D eigenvalue weighted by molar-refractivity contribution is 5.70. The Labute approximate surface area is 105 Å². The second-order valence-electron chi connectivity index (χ2n) is 4.06. The highest BCUT2D eigenvalue weighted by Gasteiger charge is 2.17. The van der Waals surface area contributed by atoms with E-state index >= 15 is 0 Å². The summed E-state index contributed by atoms with van der Waals surface area (Å²) in [7, 11) is 0. The van der Waals surface area contributed by atoms with E-state index in [0.717, 1.165) is 6.07 Å². The maximum absolute atomic E-state index is 13.8. The quantitative estimate of drug-likeness (QED) is 0.870. The van der Waals surface area contributed by atoms with Crippen molar-refractivity contribution in [3.05, 3.63) is 29.6 Å². The van der Waals surface area contributed by atoms with Crippen molar-refractivity contribution in [3.8, 4) is 6.07 Å². The van der Waals surface area contributed by atoms with Crippen molar-refractivity contribution in [2.45, 2.75) is 13.8 Å². The van der Waals surface area contributed by atoms with E-state index in [0.29, 0.717) is 12.2 Å². The zero-order valence-electron chi connectivity index (χ0n) is 10.4. The molecular formula is C13H15FN2O2. The van der Waals surface area contributed by atoms with Crippen LogP contribution in [0.5, 0.6) is 0 Å². The summed E-state index contributed by atoms with van der Waals surface area (Å²) in [5.41, 5.74) is 0.572. The maximum Gasteiger partial charge on any atom is 0.308 e. The van der Waals surface area contributed by atoms with Gasteiger partial charge in [-0.1, -0.05) is 6.92 Å². The number of aliphatic carboxylic acids is 1. The van der Waals surface area contributed by atoms with Gasteiger partial charge in [-0.2, -0.15) is 5.26 Å². The molecule has 4 nitrogen and oxygen atoms in total. The van der Waals surface area contributed by atoms with Gasteiger partial charge in [-0.15, -0.1) is 0 Å².